The molecule has 3 rings (SSSR count). The summed E-state index contributed by atoms with van der Waals surface area (Å²) in [6.07, 6.45) is -3.40. The van der Waals surface area contributed by atoms with Crippen molar-refractivity contribution in [3.05, 3.63) is 71.4 Å². The van der Waals surface area contributed by atoms with Crippen LogP contribution >= 0.6 is 11.9 Å². The minimum Gasteiger partial charge on any atom is -0.360 e. The summed E-state index contributed by atoms with van der Waals surface area (Å²) in [6.45, 7) is 0. The Labute approximate surface area is 155 Å². The molecule has 0 bridgehead atoms. The summed E-state index contributed by atoms with van der Waals surface area (Å²) in [4.78, 5) is 3.53. The number of nitriles is 1. The van der Waals surface area contributed by atoms with Crippen LogP contribution in [0.5, 0.6) is 0 Å². The van der Waals surface area contributed by atoms with Crippen LogP contribution in [0.3, 0.4) is 0 Å². The van der Waals surface area contributed by atoms with Gasteiger partial charge < -0.3 is 9.71 Å². The Hall–Kier alpha value is -2.99. The molecule has 0 aliphatic carbocycles. The highest BCUT2D eigenvalue weighted by Crippen LogP contribution is 2.35. The lowest BCUT2D eigenvalue weighted by molar-refractivity contribution is -0.140. The van der Waals surface area contributed by atoms with Crippen LogP contribution in [0, 0.1) is 23.0 Å². The van der Waals surface area contributed by atoms with Gasteiger partial charge in [-0.2, -0.15) is 18.4 Å². The summed E-state index contributed by atoms with van der Waals surface area (Å²) in [5.41, 5.74) is -0.313. The van der Waals surface area contributed by atoms with E-state index in [0.29, 0.717) is 27.8 Å². The molecule has 3 aromatic rings. The van der Waals surface area contributed by atoms with E-state index >= 15 is 0 Å². The molecule has 0 aliphatic rings. The molecular formula is C18H10F5N3S. The molecule has 0 atom stereocenters. The van der Waals surface area contributed by atoms with Gasteiger partial charge >= 0.3 is 6.18 Å². The van der Waals surface area contributed by atoms with E-state index in [1.807, 2.05) is 0 Å². The van der Waals surface area contributed by atoms with Crippen LogP contribution in [0.1, 0.15) is 11.1 Å². The second-order valence-electron chi connectivity index (χ2n) is 5.42. The van der Waals surface area contributed by atoms with Gasteiger partial charge in [-0.25, -0.2) is 8.78 Å². The maximum absolute atomic E-state index is 13.8. The smallest absolute Gasteiger partial charge is 0.360 e. The first-order chi connectivity index (χ1) is 12.8. The van der Waals surface area contributed by atoms with Gasteiger partial charge in [0.15, 0.2) is 0 Å². The molecule has 0 fully saturated rings. The molecule has 27 heavy (non-hydrogen) atoms. The zero-order valence-corrected chi connectivity index (χ0v) is 14.2. The maximum atomic E-state index is 13.8. The first-order valence-corrected chi connectivity index (χ1v) is 8.28. The fraction of sp³-hybridized carbons (Fsp3) is 0.0556. The summed E-state index contributed by atoms with van der Waals surface area (Å²) in [5, 5.41) is 9.14. The van der Waals surface area contributed by atoms with Crippen molar-refractivity contribution in [3.8, 4) is 17.3 Å². The van der Waals surface area contributed by atoms with E-state index < -0.39 is 29.1 Å². The van der Waals surface area contributed by atoms with E-state index in [0.717, 1.165) is 11.9 Å². The predicted molar refractivity (Wildman–Crippen MR) is 91.8 cm³/mol. The molecule has 0 saturated carbocycles. The van der Waals surface area contributed by atoms with Crippen LogP contribution in [0.4, 0.5) is 27.6 Å². The summed E-state index contributed by atoms with van der Waals surface area (Å²) in [6, 6.07) is 11.2. The highest BCUT2D eigenvalue weighted by Gasteiger charge is 2.35. The molecule has 0 spiro atoms. The van der Waals surface area contributed by atoms with Crippen molar-refractivity contribution < 1.29 is 22.0 Å². The van der Waals surface area contributed by atoms with E-state index in [9.17, 15) is 22.0 Å². The quantitative estimate of drug-likeness (QED) is 0.423. The van der Waals surface area contributed by atoms with Gasteiger partial charge in [-0.1, -0.05) is 18.2 Å². The Bertz CT molecular complexity index is 1020. The summed E-state index contributed by atoms with van der Waals surface area (Å²) < 4.78 is 67.7. The number of aromatic amines is 1. The Morgan fingerprint density at radius 2 is 1.78 bits per heavy atom. The number of nitrogens with zero attached hydrogens (tertiary/aromatic N) is 1. The zero-order valence-electron chi connectivity index (χ0n) is 13.4. The third kappa shape index (κ3) is 4.06. The number of H-pyrrole nitrogens is 1. The fourth-order valence-corrected chi connectivity index (χ4v) is 3.04. The standard InChI is InChI=1S/C18H10F5N3S/c19-14-7-17(15(20)6-13(14)18(21,22)23)26-27-11-5-16(25-9-11)12-4-2-1-3-10(12)8-24/h1-7,9,25-26H. The van der Waals surface area contributed by atoms with Crippen LogP contribution in [-0.2, 0) is 6.18 Å². The van der Waals surface area contributed by atoms with Gasteiger partial charge in [0.25, 0.3) is 0 Å². The Morgan fingerprint density at radius 3 is 2.48 bits per heavy atom. The number of rotatable bonds is 4. The van der Waals surface area contributed by atoms with Crippen molar-refractivity contribution in [1.29, 1.82) is 5.26 Å². The molecule has 0 amide bonds. The number of halogens is 5. The lowest BCUT2D eigenvalue weighted by atomic mass is 10.1. The first kappa shape index (κ1) is 18.8. The van der Waals surface area contributed by atoms with Crippen LogP contribution < -0.4 is 4.72 Å². The van der Waals surface area contributed by atoms with Crippen LogP contribution in [0.25, 0.3) is 11.3 Å². The number of hydrogen-bond donors (Lipinski definition) is 2. The third-order valence-electron chi connectivity index (χ3n) is 3.64. The minimum absolute atomic E-state index is 0.115. The van der Waals surface area contributed by atoms with Crippen molar-refractivity contribution in [1.82, 2.24) is 4.98 Å². The van der Waals surface area contributed by atoms with Crippen molar-refractivity contribution in [2.45, 2.75) is 11.1 Å². The van der Waals surface area contributed by atoms with Gasteiger partial charge in [0.1, 0.15) is 11.6 Å². The molecular weight excluding hydrogens is 385 g/mol. The zero-order chi connectivity index (χ0) is 19.6. The van der Waals surface area contributed by atoms with Gasteiger partial charge in [0.2, 0.25) is 0 Å². The molecule has 1 aromatic heterocycles. The Kier molecular flexibility index (Phi) is 5.10. The summed E-state index contributed by atoms with van der Waals surface area (Å²) in [5.74, 6) is -2.79. The summed E-state index contributed by atoms with van der Waals surface area (Å²) >= 11 is 0.887. The highest BCUT2D eigenvalue weighted by atomic mass is 32.2. The number of aromatic nitrogens is 1. The molecule has 3 nitrogen and oxygen atoms in total. The van der Waals surface area contributed by atoms with E-state index in [1.54, 1.807) is 36.5 Å². The Balaban J connectivity index is 1.78. The number of alkyl halides is 3. The van der Waals surface area contributed by atoms with Gasteiger partial charge in [-0.15, -0.1) is 0 Å². The van der Waals surface area contributed by atoms with E-state index in [2.05, 4.69) is 15.8 Å². The molecule has 0 unspecified atom stereocenters. The lowest BCUT2D eigenvalue weighted by Gasteiger charge is -2.11. The second-order valence-corrected chi connectivity index (χ2v) is 6.30. The average molecular weight is 395 g/mol. The molecule has 2 aromatic carbocycles. The van der Waals surface area contributed by atoms with E-state index in [-0.39, 0.29) is 6.07 Å². The molecule has 2 N–H and O–H groups in total. The number of hydrogen-bond acceptors (Lipinski definition) is 3. The van der Waals surface area contributed by atoms with Crippen LogP contribution in [0.2, 0.25) is 0 Å². The first-order valence-electron chi connectivity index (χ1n) is 7.46. The average Bonchev–Trinajstić information content (AvgIpc) is 3.10. The van der Waals surface area contributed by atoms with Crippen molar-refractivity contribution in [2.75, 3.05) is 4.72 Å². The number of nitrogens with one attached hydrogen (secondary N) is 2. The highest BCUT2D eigenvalue weighted by molar-refractivity contribution is 8.00. The normalized spacial score (nSPS) is 11.3. The molecule has 1 heterocycles. The fourth-order valence-electron chi connectivity index (χ4n) is 2.36. The van der Waals surface area contributed by atoms with Gasteiger partial charge in [-0.3, -0.25) is 0 Å². The van der Waals surface area contributed by atoms with Gasteiger partial charge in [-0.05, 0) is 30.1 Å². The summed E-state index contributed by atoms with van der Waals surface area (Å²) in [7, 11) is 0. The van der Waals surface area contributed by atoms with Gasteiger partial charge in [0.05, 0.1) is 22.9 Å². The topological polar surface area (TPSA) is 51.6 Å². The molecule has 9 heteroatoms. The van der Waals surface area contributed by atoms with E-state index in [4.69, 9.17) is 5.26 Å². The number of benzene rings is 2. The number of anilines is 1. The SMILES string of the molecule is N#Cc1ccccc1-c1cc(SNc2cc(F)c(C(F)(F)F)cc2F)c[nH]1. The van der Waals surface area contributed by atoms with E-state index in [1.165, 1.54) is 0 Å². The van der Waals surface area contributed by atoms with Crippen LogP contribution in [-0.4, -0.2) is 4.98 Å². The van der Waals surface area contributed by atoms with Crippen molar-refractivity contribution >= 4 is 17.6 Å². The predicted octanol–water partition coefficient (Wildman–Crippen LogP) is 5.97. The van der Waals surface area contributed by atoms with Crippen molar-refractivity contribution in [2.24, 2.45) is 0 Å². The molecule has 138 valence electrons. The lowest BCUT2D eigenvalue weighted by Crippen LogP contribution is -2.09. The van der Waals surface area contributed by atoms with Crippen molar-refractivity contribution in [3.63, 3.8) is 0 Å². The molecule has 0 radical (unpaired) electrons. The maximum Gasteiger partial charge on any atom is 0.419 e. The third-order valence-corrected chi connectivity index (χ3v) is 4.43. The second kappa shape index (κ2) is 7.32. The largest absolute Gasteiger partial charge is 0.419 e. The van der Waals surface area contributed by atoms with Crippen LogP contribution in [0.15, 0.2) is 53.6 Å². The van der Waals surface area contributed by atoms with Gasteiger partial charge in [0, 0.05) is 28.4 Å². The monoisotopic (exact) mass is 395 g/mol. The molecule has 0 aliphatic heterocycles. The Morgan fingerprint density at radius 1 is 1.04 bits per heavy atom. The minimum atomic E-state index is -4.97. The molecule has 0 saturated heterocycles.